The normalized spacial score (nSPS) is 19.7. The van der Waals surface area contributed by atoms with E-state index in [-0.39, 0.29) is 18.7 Å². The smallest absolute Gasteiger partial charge is 0.418 e. The maximum Gasteiger partial charge on any atom is 0.418 e. The van der Waals surface area contributed by atoms with Gasteiger partial charge in [-0.25, -0.2) is 13.2 Å². The van der Waals surface area contributed by atoms with Crippen LogP contribution in [-0.4, -0.2) is 38.3 Å². The Balaban J connectivity index is 2.59. The fourth-order valence-electron chi connectivity index (χ4n) is 2.70. The van der Waals surface area contributed by atoms with E-state index in [0.717, 1.165) is 18.4 Å². The number of hydrogen-bond acceptors (Lipinski definition) is 4. The summed E-state index contributed by atoms with van der Waals surface area (Å²) < 4.78 is 63.0. The molecule has 1 N–H and O–H groups in total. The molecule has 1 aromatic carbocycles. The molecule has 1 aliphatic heterocycles. The van der Waals surface area contributed by atoms with Crippen molar-refractivity contribution in [1.29, 1.82) is 0 Å². The molecule has 1 aliphatic rings. The Kier molecular flexibility index (Phi) is 4.61. The number of halogens is 3. The second-order valence-corrected chi connectivity index (χ2v) is 7.51. The van der Waals surface area contributed by atoms with Crippen LogP contribution in [0.3, 0.4) is 0 Å². The molecule has 128 valence electrons. The predicted molar refractivity (Wildman–Crippen MR) is 77.2 cm³/mol. The second kappa shape index (κ2) is 6.03. The van der Waals surface area contributed by atoms with Gasteiger partial charge in [-0.15, -0.1) is 0 Å². The predicted octanol–water partition coefficient (Wildman–Crippen LogP) is 2.55. The molecule has 9 heteroatoms. The summed E-state index contributed by atoms with van der Waals surface area (Å²) in [4.78, 5) is 12.1. The summed E-state index contributed by atoms with van der Waals surface area (Å²) in [7, 11) is -3.80. The van der Waals surface area contributed by atoms with E-state index in [1.165, 1.54) is 4.90 Å². The minimum absolute atomic E-state index is 0.179. The van der Waals surface area contributed by atoms with Gasteiger partial charge in [0.25, 0.3) is 0 Å². The minimum Gasteiger partial charge on any atom is -0.480 e. The van der Waals surface area contributed by atoms with Crippen LogP contribution in [0.4, 0.5) is 18.9 Å². The van der Waals surface area contributed by atoms with Crippen molar-refractivity contribution in [2.45, 2.75) is 36.4 Å². The summed E-state index contributed by atoms with van der Waals surface area (Å²) in [6.07, 6.45) is -2.51. The molecule has 0 aromatic heterocycles. The van der Waals surface area contributed by atoms with E-state index in [1.54, 1.807) is 0 Å². The van der Waals surface area contributed by atoms with Gasteiger partial charge in [-0.2, -0.15) is 13.2 Å². The summed E-state index contributed by atoms with van der Waals surface area (Å²) in [6, 6.07) is 1.64. The maximum atomic E-state index is 13.3. The fourth-order valence-corrected chi connectivity index (χ4v) is 3.35. The van der Waals surface area contributed by atoms with Gasteiger partial charge in [-0.05, 0) is 37.5 Å². The minimum atomic E-state index is -4.78. The highest BCUT2D eigenvalue weighted by Gasteiger charge is 2.39. The van der Waals surface area contributed by atoms with Gasteiger partial charge < -0.3 is 10.0 Å². The summed E-state index contributed by atoms with van der Waals surface area (Å²) in [5.74, 6) is -1.19. The molecule has 0 bridgehead atoms. The highest BCUT2D eigenvalue weighted by molar-refractivity contribution is 7.90. The quantitative estimate of drug-likeness (QED) is 0.906. The molecule has 2 rings (SSSR count). The summed E-state index contributed by atoms with van der Waals surface area (Å²) in [5, 5.41) is 9.23. The lowest BCUT2D eigenvalue weighted by Crippen LogP contribution is -2.45. The first-order valence-corrected chi connectivity index (χ1v) is 8.81. The topological polar surface area (TPSA) is 74.7 Å². The van der Waals surface area contributed by atoms with Gasteiger partial charge in [0.05, 0.1) is 10.5 Å². The molecule has 5 nitrogen and oxygen atoms in total. The third-order valence-corrected chi connectivity index (χ3v) is 4.91. The van der Waals surface area contributed by atoms with Gasteiger partial charge in [0.1, 0.15) is 6.04 Å². The average molecular weight is 351 g/mol. The zero-order chi connectivity index (χ0) is 17.4. The van der Waals surface area contributed by atoms with Crippen LogP contribution in [0.25, 0.3) is 0 Å². The molecular formula is C14H16F3NO4S. The standard InChI is InChI=1S/C14H16F3NO4S/c1-23(21,22)9-5-6-11(10(8-9)14(15,16)17)18-7-3-2-4-12(18)13(19)20/h5-6,8,12H,2-4,7H2,1H3,(H,19,20). The number of alkyl halides is 3. The maximum absolute atomic E-state index is 13.3. The Labute approximate surface area is 131 Å². The van der Waals surface area contributed by atoms with Gasteiger partial charge in [-0.3, -0.25) is 0 Å². The number of carbonyl (C=O) groups is 1. The van der Waals surface area contributed by atoms with Crippen LogP contribution >= 0.6 is 0 Å². The van der Waals surface area contributed by atoms with Crippen LogP contribution in [0.5, 0.6) is 0 Å². The zero-order valence-electron chi connectivity index (χ0n) is 12.3. The Morgan fingerprint density at radius 3 is 2.48 bits per heavy atom. The Morgan fingerprint density at radius 2 is 1.96 bits per heavy atom. The lowest BCUT2D eigenvalue weighted by atomic mass is 9.99. The van der Waals surface area contributed by atoms with Crippen LogP contribution < -0.4 is 4.90 Å². The van der Waals surface area contributed by atoms with E-state index in [4.69, 9.17) is 0 Å². The van der Waals surface area contributed by atoms with E-state index < -0.39 is 38.5 Å². The molecule has 0 radical (unpaired) electrons. The number of anilines is 1. The number of nitrogens with zero attached hydrogens (tertiary/aromatic N) is 1. The van der Waals surface area contributed by atoms with Crippen molar-refractivity contribution in [1.82, 2.24) is 0 Å². The van der Waals surface area contributed by atoms with Gasteiger partial charge in [0, 0.05) is 18.5 Å². The molecule has 1 heterocycles. The first-order chi connectivity index (χ1) is 10.5. The van der Waals surface area contributed by atoms with Crippen LogP contribution in [-0.2, 0) is 20.8 Å². The van der Waals surface area contributed by atoms with Gasteiger partial charge in [-0.1, -0.05) is 0 Å². The molecule has 0 amide bonds. The van der Waals surface area contributed by atoms with Crippen molar-refractivity contribution < 1.29 is 31.5 Å². The van der Waals surface area contributed by atoms with Crippen molar-refractivity contribution in [3.05, 3.63) is 23.8 Å². The average Bonchev–Trinajstić information content (AvgIpc) is 2.44. The second-order valence-electron chi connectivity index (χ2n) is 5.49. The molecule has 1 fully saturated rings. The van der Waals surface area contributed by atoms with Crippen molar-refractivity contribution in [2.24, 2.45) is 0 Å². The number of piperidine rings is 1. The largest absolute Gasteiger partial charge is 0.480 e. The fraction of sp³-hybridized carbons (Fsp3) is 0.500. The first-order valence-electron chi connectivity index (χ1n) is 6.92. The highest BCUT2D eigenvalue weighted by atomic mass is 32.2. The third kappa shape index (κ3) is 3.77. The summed E-state index contributed by atoms with van der Waals surface area (Å²) >= 11 is 0. The number of carboxylic acids is 1. The highest BCUT2D eigenvalue weighted by Crippen LogP contribution is 2.40. The lowest BCUT2D eigenvalue weighted by Gasteiger charge is -2.36. The van der Waals surface area contributed by atoms with Crippen LogP contribution in [0.1, 0.15) is 24.8 Å². The van der Waals surface area contributed by atoms with Crippen LogP contribution in [0.15, 0.2) is 23.1 Å². The zero-order valence-corrected chi connectivity index (χ0v) is 13.1. The summed E-state index contributed by atoms with van der Waals surface area (Å²) in [6.45, 7) is 0.179. The monoisotopic (exact) mass is 351 g/mol. The number of carboxylic acid groups (broad SMARTS) is 1. The van der Waals surface area contributed by atoms with E-state index in [1.807, 2.05) is 0 Å². The molecule has 1 saturated heterocycles. The Hall–Kier alpha value is -1.77. The third-order valence-electron chi connectivity index (χ3n) is 3.80. The van der Waals surface area contributed by atoms with Crippen molar-refractivity contribution in [2.75, 3.05) is 17.7 Å². The Morgan fingerprint density at radius 1 is 1.30 bits per heavy atom. The molecule has 1 aromatic rings. The van der Waals surface area contributed by atoms with Gasteiger partial charge >= 0.3 is 12.1 Å². The van der Waals surface area contributed by atoms with Crippen LogP contribution in [0.2, 0.25) is 0 Å². The number of rotatable bonds is 3. The van der Waals surface area contributed by atoms with Crippen molar-refractivity contribution >= 4 is 21.5 Å². The molecule has 1 unspecified atom stereocenters. The van der Waals surface area contributed by atoms with E-state index in [9.17, 15) is 31.5 Å². The molecule has 0 aliphatic carbocycles. The number of aliphatic carboxylic acids is 1. The Bertz CT molecular complexity index is 715. The number of benzene rings is 1. The van der Waals surface area contributed by atoms with E-state index in [0.29, 0.717) is 18.9 Å². The molecule has 0 saturated carbocycles. The molecular weight excluding hydrogens is 335 g/mol. The lowest BCUT2D eigenvalue weighted by molar-refractivity contribution is -0.140. The molecule has 1 atom stereocenters. The SMILES string of the molecule is CS(=O)(=O)c1ccc(N2CCCCC2C(=O)O)c(C(F)(F)F)c1. The van der Waals surface area contributed by atoms with E-state index in [2.05, 4.69) is 0 Å². The van der Waals surface area contributed by atoms with Crippen LogP contribution in [0, 0.1) is 0 Å². The van der Waals surface area contributed by atoms with Gasteiger partial charge in [0.15, 0.2) is 9.84 Å². The summed E-state index contributed by atoms with van der Waals surface area (Å²) in [5.41, 5.74) is -1.43. The number of hydrogen-bond donors (Lipinski definition) is 1. The molecule has 23 heavy (non-hydrogen) atoms. The number of sulfone groups is 1. The van der Waals surface area contributed by atoms with E-state index >= 15 is 0 Å². The van der Waals surface area contributed by atoms with Crippen molar-refractivity contribution in [3.63, 3.8) is 0 Å². The first kappa shape index (κ1) is 17.6. The van der Waals surface area contributed by atoms with Gasteiger partial charge in [0.2, 0.25) is 0 Å². The molecule has 0 spiro atoms. The van der Waals surface area contributed by atoms with Crippen molar-refractivity contribution in [3.8, 4) is 0 Å².